The maximum absolute atomic E-state index is 11.7. The molecule has 0 aromatic heterocycles. The van der Waals surface area contributed by atoms with E-state index in [9.17, 15) is 4.79 Å². The highest BCUT2D eigenvalue weighted by atomic mass is 127. The van der Waals surface area contributed by atoms with E-state index < -0.39 is 8.32 Å². The summed E-state index contributed by atoms with van der Waals surface area (Å²) in [5, 5.41) is 0. The van der Waals surface area contributed by atoms with E-state index in [2.05, 4.69) is 41.5 Å². The Balaban J connectivity index is 3.02. The summed E-state index contributed by atoms with van der Waals surface area (Å²) in [6, 6.07) is 8.01. The standard InChI is InChI=1S/C20H31IO3Si/c1-8-23-20(22)19(21)13-17-9-11-18(12-10-17)24-25(14(2)3,15(4)5)16(6)7/h9-16H,8H2,1-7H3/b19-13-. The molecule has 1 rings (SSSR count). The van der Waals surface area contributed by atoms with Gasteiger partial charge in [-0.25, -0.2) is 4.79 Å². The second-order valence-electron chi connectivity index (χ2n) is 7.20. The van der Waals surface area contributed by atoms with Gasteiger partial charge in [-0.1, -0.05) is 53.7 Å². The molecule has 0 atom stereocenters. The molecule has 0 bridgehead atoms. The van der Waals surface area contributed by atoms with Gasteiger partial charge in [0.2, 0.25) is 0 Å². The molecule has 0 unspecified atom stereocenters. The molecule has 0 aliphatic heterocycles. The Morgan fingerprint density at radius 2 is 1.52 bits per heavy atom. The van der Waals surface area contributed by atoms with Crippen molar-refractivity contribution in [2.24, 2.45) is 0 Å². The maximum atomic E-state index is 11.7. The van der Waals surface area contributed by atoms with E-state index in [0.29, 0.717) is 26.8 Å². The van der Waals surface area contributed by atoms with Crippen LogP contribution in [0, 0.1) is 0 Å². The van der Waals surface area contributed by atoms with Crippen molar-refractivity contribution in [3.63, 3.8) is 0 Å². The van der Waals surface area contributed by atoms with Crippen LogP contribution in [0.5, 0.6) is 5.75 Å². The van der Waals surface area contributed by atoms with Gasteiger partial charge in [-0.15, -0.1) is 0 Å². The number of carbonyl (C=O) groups excluding carboxylic acids is 1. The number of rotatable bonds is 8. The fourth-order valence-electron chi connectivity index (χ4n) is 3.60. The Bertz CT molecular complexity index is 570. The van der Waals surface area contributed by atoms with Gasteiger partial charge < -0.3 is 9.16 Å². The van der Waals surface area contributed by atoms with Crippen LogP contribution in [0.25, 0.3) is 6.08 Å². The zero-order valence-electron chi connectivity index (χ0n) is 16.4. The molecule has 1 aromatic rings. The van der Waals surface area contributed by atoms with Crippen LogP contribution in [0.3, 0.4) is 0 Å². The molecule has 0 spiro atoms. The Labute approximate surface area is 167 Å². The highest BCUT2D eigenvalue weighted by Gasteiger charge is 2.46. The Morgan fingerprint density at radius 1 is 1.04 bits per heavy atom. The Kier molecular flexibility index (Phi) is 8.67. The average Bonchev–Trinajstić information content (AvgIpc) is 2.53. The van der Waals surface area contributed by atoms with Crippen molar-refractivity contribution in [2.75, 3.05) is 6.61 Å². The van der Waals surface area contributed by atoms with Gasteiger partial charge in [0, 0.05) is 0 Å². The molecule has 0 fully saturated rings. The minimum atomic E-state index is -1.94. The van der Waals surface area contributed by atoms with Crippen LogP contribution < -0.4 is 4.43 Å². The van der Waals surface area contributed by atoms with Crippen LogP contribution >= 0.6 is 22.6 Å². The van der Waals surface area contributed by atoms with Crippen LogP contribution in [0.15, 0.2) is 27.8 Å². The molecule has 0 heterocycles. The lowest BCUT2D eigenvalue weighted by molar-refractivity contribution is -0.137. The van der Waals surface area contributed by atoms with E-state index in [1.165, 1.54) is 0 Å². The summed E-state index contributed by atoms with van der Waals surface area (Å²) < 4.78 is 12.2. The molecule has 3 nitrogen and oxygen atoms in total. The van der Waals surface area contributed by atoms with E-state index in [-0.39, 0.29) is 5.97 Å². The summed E-state index contributed by atoms with van der Waals surface area (Å²) in [5.41, 5.74) is 2.58. The van der Waals surface area contributed by atoms with Crippen molar-refractivity contribution < 1.29 is 14.0 Å². The van der Waals surface area contributed by atoms with Gasteiger partial charge in [0.05, 0.1) is 10.2 Å². The van der Waals surface area contributed by atoms with Gasteiger partial charge in [0.25, 0.3) is 8.32 Å². The number of halogens is 1. The predicted octanol–water partition coefficient (Wildman–Crippen LogP) is 6.58. The molecular weight excluding hydrogens is 443 g/mol. The molecule has 0 amide bonds. The molecule has 25 heavy (non-hydrogen) atoms. The SMILES string of the molecule is CCOC(=O)/C(I)=C/c1ccc(O[Si](C(C)C)(C(C)C)C(C)C)cc1. The Morgan fingerprint density at radius 3 is 1.92 bits per heavy atom. The molecule has 5 heteroatoms. The zero-order chi connectivity index (χ0) is 19.2. The third kappa shape index (κ3) is 5.58. The minimum absolute atomic E-state index is 0.283. The average molecular weight is 474 g/mol. The predicted molar refractivity (Wildman–Crippen MR) is 117 cm³/mol. The van der Waals surface area contributed by atoms with Gasteiger partial charge in [0.15, 0.2) is 0 Å². The summed E-state index contributed by atoms with van der Waals surface area (Å²) in [7, 11) is -1.94. The summed E-state index contributed by atoms with van der Waals surface area (Å²) in [4.78, 5) is 11.7. The van der Waals surface area contributed by atoms with Crippen molar-refractivity contribution in [1.82, 2.24) is 0 Å². The first-order valence-corrected chi connectivity index (χ1v) is 12.2. The topological polar surface area (TPSA) is 35.5 Å². The first-order chi connectivity index (χ1) is 11.6. The third-order valence-electron chi connectivity index (χ3n) is 4.65. The van der Waals surface area contributed by atoms with E-state index in [1.54, 1.807) is 0 Å². The van der Waals surface area contributed by atoms with Gasteiger partial charge >= 0.3 is 5.97 Å². The van der Waals surface area contributed by atoms with Gasteiger partial charge in [-0.2, -0.15) is 0 Å². The summed E-state index contributed by atoms with van der Waals surface area (Å²) >= 11 is 2.01. The quantitative estimate of drug-likeness (QED) is 0.185. The van der Waals surface area contributed by atoms with Crippen LogP contribution in [-0.2, 0) is 9.53 Å². The Hall–Kier alpha value is -0.823. The molecule has 0 radical (unpaired) electrons. The second kappa shape index (κ2) is 9.76. The van der Waals surface area contributed by atoms with Crippen molar-refractivity contribution in [3.05, 3.63) is 33.4 Å². The monoisotopic (exact) mass is 474 g/mol. The van der Waals surface area contributed by atoms with Crippen LogP contribution in [-0.4, -0.2) is 20.9 Å². The number of carbonyl (C=O) groups is 1. The number of ether oxygens (including phenoxy) is 1. The van der Waals surface area contributed by atoms with Gasteiger partial charge in [-0.3, -0.25) is 0 Å². The van der Waals surface area contributed by atoms with Crippen molar-refractivity contribution in [3.8, 4) is 5.75 Å². The highest BCUT2D eigenvalue weighted by molar-refractivity contribution is 14.1. The fourth-order valence-corrected chi connectivity index (χ4v) is 9.36. The molecule has 0 saturated heterocycles. The van der Waals surface area contributed by atoms with Crippen molar-refractivity contribution in [2.45, 2.75) is 65.1 Å². The lowest BCUT2D eigenvalue weighted by Gasteiger charge is -2.42. The first-order valence-electron chi connectivity index (χ1n) is 8.98. The molecule has 0 N–H and O–H groups in total. The molecular formula is C20H31IO3Si. The van der Waals surface area contributed by atoms with E-state index in [1.807, 2.05) is 59.9 Å². The first kappa shape index (κ1) is 22.2. The minimum Gasteiger partial charge on any atom is -0.543 e. The van der Waals surface area contributed by atoms with Gasteiger partial charge in [0.1, 0.15) is 5.75 Å². The molecule has 1 aromatic carbocycles. The van der Waals surface area contributed by atoms with Crippen LogP contribution in [0.4, 0.5) is 0 Å². The van der Waals surface area contributed by atoms with E-state index in [0.717, 1.165) is 11.3 Å². The molecule has 0 aliphatic rings. The summed E-state index contributed by atoms with van der Waals surface area (Å²) in [6.45, 7) is 15.9. The maximum Gasteiger partial charge on any atom is 0.344 e. The van der Waals surface area contributed by atoms with Crippen LogP contribution in [0.2, 0.25) is 16.6 Å². The van der Waals surface area contributed by atoms with Gasteiger partial charge in [-0.05, 0) is 69.9 Å². The lowest BCUT2D eigenvalue weighted by atomic mass is 10.2. The van der Waals surface area contributed by atoms with E-state index in [4.69, 9.17) is 9.16 Å². The molecule has 0 saturated carbocycles. The summed E-state index contributed by atoms with van der Waals surface area (Å²) in [5.74, 6) is 0.639. The fraction of sp³-hybridized carbons (Fsp3) is 0.550. The number of hydrogen-bond acceptors (Lipinski definition) is 3. The third-order valence-corrected chi connectivity index (χ3v) is 11.4. The second-order valence-corrected chi connectivity index (χ2v) is 13.7. The van der Waals surface area contributed by atoms with E-state index >= 15 is 0 Å². The zero-order valence-corrected chi connectivity index (χ0v) is 19.6. The number of benzene rings is 1. The number of hydrogen-bond donors (Lipinski definition) is 0. The highest BCUT2D eigenvalue weighted by Crippen LogP contribution is 2.42. The molecule has 140 valence electrons. The van der Waals surface area contributed by atoms with Crippen LogP contribution in [0.1, 0.15) is 54.0 Å². The van der Waals surface area contributed by atoms with Crippen molar-refractivity contribution >= 4 is 43.0 Å². The largest absolute Gasteiger partial charge is 0.543 e. The molecule has 0 aliphatic carbocycles. The van der Waals surface area contributed by atoms with Crippen molar-refractivity contribution in [1.29, 1.82) is 0 Å². The summed E-state index contributed by atoms with van der Waals surface area (Å²) in [6.07, 6.45) is 1.83. The lowest BCUT2D eigenvalue weighted by Crippen LogP contribution is -2.50. The normalized spacial score (nSPS) is 12.8. The smallest absolute Gasteiger partial charge is 0.344 e. The number of esters is 1.